The van der Waals surface area contributed by atoms with Crippen LogP contribution >= 0.6 is 34.9 Å². The zero-order chi connectivity index (χ0) is 9.68. The van der Waals surface area contributed by atoms with Gasteiger partial charge in [-0.15, -0.1) is 11.8 Å². The van der Waals surface area contributed by atoms with Crippen molar-refractivity contribution in [3.05, 3.63) is 10.7 Å². The first-order valence-corrected chi connectivity index (χ1v) is 6.11. The van der Waals surface area contributed by atoms with Gasteiger partial charge in [-0.05, 0) is 23.7 Å². The Hall–Kier alpha value is -0.240. The predicted molar refractivity (Wildman–Crippen MR) is 57.5 cm³/mol. The van der Waals surface area contributed by atoms with E-state index in [4.69, 9.17) is 16.9 Å². The van der Waals surface area contributed by atoms with Crippen LogP contribution in [0.5, 0.6) is 0 Å². The van der Waals surface area contributed by atoms with Gasteiger partial charge in [0.25, 0.3) is 0 Å². The van der Waals surface area contributed by atoms with Crippen molar-refractivity contribution in [1.82, 2.24) is 4.37 Å². The van der Waals surface area contributed by atoms with E-state index in [0.717, 1.165) is 9.96 Å². The molecule has 1 rings (SSSR count). The topological polar surface area (TPSA) is 36.7 Å². The van der Waals surface area contributed by atoms with Gasteiger partial charge in [0.2, 0.25) is 0 Å². The maximum absolute atomic E-state index is 8.60. The molecule has 0 saturated heterocycles. The number of nitriles is 1. The third-order valence-electron chi connectivity index (χ3n) is 1.44. The number of hydrogen-bond donors (Lipinski definition) is 0. The van der Waals surface area contributed by atoms with E-state index in [1.165, 1.54) is 24.4 Å². The van der Waals surface area contributed by atoms with Gasteiger partial charge in [-0.1, -0.05) is 24.9 Å². The highest BCUT2D eigenvalue weighted by atomic mass is 35.5. The average molecular weight is 233 g/mol. The highest BCUT2D eigenvalue weighted by Crippen LogP contribution is 2.33. The molecule has 0 aliphatic carbocycles. The third kappa shape index (κ3) is 2.87. The monoisotopic (exact) mass is 232 g/mol. The van der Waals surface area contributed by atoms with Gasteiger partial charge in [-0.2, -0.15) is 9.64 Å². The minimum absolute atomic E-state index is 0.352. The van der Waals surface area contributed by atoms with Crippen molar-refractivity contribution in [3.63, 3.8) is 0 Å². The van der Waals surface area contributed by atoms with Crippen LogP contribution in [0.2, 0.25) is 5.02 Å². The molecule has 0 atom stereocenters. The molecule has 0 aliphatic heterocycles. The first kappa shape index (κ1) is 10.8. The Labute approximate surface area is 91.1 Å². The minimum Gasteiger partial charge on any atom is -0.191 e. The van der Waals surface area contributed by atoms with Crippen LogP contribution in [0, 0.1) is 11.3 Å². The summed E-state index contributed by atoms with van der Waals surface area (Å²) in [6, 6.07) is 1.96. The van der Waals surface area contributed by atoms with Crippen LogP contribution in [0.25, 0.3) is 0 Å². The second-order valence-electron chi connectivity index (χ2n) is 2.45. The number of thioether (sulfide) groups is 1. The third-order valence-corrected chi connectivity index (χ3v) is 4.22. The summed E-state index contributed by atoms with van der Waals surface area (Å²) >= 11 is 8.90. The number of nitrogens with zero attached hydrogens (tertiary/aromatic N) is 2. The average Bonchev–Trinajstić information content (AvgIpc) is 2.48. The second-order valence-corrected chi connectivity index (χ2v) is 4.96. The number of aromatic nitrogens is 1. The Kier molecular flexibility index (Phi) is 4.57. The molecule has 0 saturated carbocycles. The molecular formula is C8H9ClN2S2. The molecule has 0 N–H and O–H groups in total. The van der Waals surface area contributed by atoms with Crippen molar-refractivity contribution in [1.29, 1.82) is 5.26 Å². The summed E-state index contributed by atoms with van der Waals surface area (Å²) in [5.41, 5.74) is 0.352. The highest BCUT2D eigenvalue weighted by molar-refractivity contribution is 8.01. The zero-order valence-corrected chi connectivity index (χ0v) is 9.60. The second kappa shape index (κ2) is 5.48. The van der Waals surface area contributed by atoms with Crippen LogP contribution in [0.15, 0.2) is 4.21 Å². The highest BCUT2D eigenvalue weighted by Gasteiger charge is 2.10. The van der Waals surface area contributed by atoms with E-state index in [-0.39, 0.29) is 0 Å². The fourth-order valence-corrected chi connectivity index (χ4v) is 3.03. The molecule has 5 heteroatoms. The van der Waals surface area contributed by atoms with E-state index < -0.39 is 0 Å². The molecule has 0 unspecified atom stereocenters. The number of hydrogen-bond acceptors (Lipinski definition) is 4. The van der Waals surface area contributed by atoms with Crippen molar-refractivity contribution < 1.29 is 0 Å². The van der Waals surface area contributed by atoms with Crippen molar-refractivity contribution in [2.45, 2.75) is 24.0 Å². The summed E-state index contributed by atoms with van der Waals surface area (Å²) < 4.78 is 4.91. The van der Waals surface area contributed by atoms with Crippen molar-refractivity contribution in [3.8, 4) is 6.07 Å². The molecule has 70 valence electrons. The normalized spacial score (nSPS) is 9.92. The molecule has 1 heterocycles. The van der Waals surface area contributed by atoms with Crippen molar-refractivity contribution in [2.75, 3.05) is 5.75 Å². The van der Waals surface area contributed by atoms with E-state index in [2.05, 4.69) is 11.3 Å². The minimum atomic E-state index is 0.352. The Morgan fingerprint density at radius 2 is 2.46 bits per heavy atom. The summed E-state index contributed by atoms with van der Waals surface area (Å²) in [5.74, 6) is 1.04. The molecule has 13 heavy (non-hydrogen) atoms. The Bertz CT molecular complexity index is 316. The van der Waals surface area contributed by atoms with E-state index in [1.807, 2.05) is 6.07 Å². The van der Waals surface area contributed by atoms with Crippen LogP contribution in [0.3, 0.4) is 0 Å². The van der Waals surface area contributed by atoms with Crippen LogP contribution in [0.1, 0.15) is 25.5 Å². The molecule has 0 fully saturated rings. The van der Waals surface area contributed by atoms with Gasteiger partial charge < -0.3 is 0 Å². The zero-order valence-electron chi connectivity index (χ0n) is 7.21. The summed E-state index contributed by atoms with van der Waals surface area (Å²) in [7, 11) is 0. The van der Waals surface area contributed by atoms with Crippen molar-refractivity contribution in [2.24, 2.45) is 0 Å². The number of unbranched alkanes of at least 4 members (excludes halogenated alkanes) is 1. The predicted octanol–water partition coefficient (Wildman–Crippen LogP) is 3.56. The first-order chi connectivity index (χ1) is 6.29. The van der Waals surface area contributed by atoms with Crippen LogP contribution < -0.4 is 0 Å². The van der Waals surface area contributed by atoms with Crippen LogP contribution in [0.4, 0.5) is 0 Å². The summed E-state index contributed by atoms with van der Waals surface area (Å²) in [4.78, 5) is 0. The van der Waals surface area contributed by atoms with Gasteiger partial charge >= 0.3 is 0 Å². The van der Waals surface area contributed by atoms with E-state index in [1.54, 1.807) is 11.8 Å². The lowest BCUT2D eigenvalue weighted by atomic mass is 10.4. The fraction of sp³-hybridized carbons (Fsp3) is 0.500. The van der Waals surface area contributed by atoms with Gasteiger partial charge in [-0.25, -0.2) is 0 Å². The molecule has 0 amide bonds. The molecule has 1 aromatic rings. The largest absolute Gasteiger partial charge is 0.191 e. The first-order valence-electron chi connectivity index (χ1n) is 3.97. The standard InChI is InChI=1S/C8H9ClN2S2/c1-2-3-4-12-8-7(9)6(5-10)11-13-8/h2-4H2,1H3. The van der Waals surface area contributed by atoms with E-state index in [0.29, 0.717) is 10.7 Å². The maximum Gasteiger partial charge on any atom is 0.174 e. The van der Waals surface area contributed by atoms with Crippen LogP contribution in [-0.4, -0.2) is 10.1 Å². The SMILES string of the molecule is CCCCSc1snc(C#N)c1Cl. The molecule has 2 nitrogen and oxygen atoms in total. The summed E-state index contributed by atoms with van der Waals surface area (Å²) in [6.45, 7) is 2.15. The molecular weight excluding hydrogens is 224 g/mol. The smallest absolute Gasteiger partial charge is 0.174 e. The molecule has 0 bridgehead atoms. The van der Waals surface area contributed by atoms with Gasteiger partial charge in [0.15, 0.2) is 5.69 Å². The van der Waals surface area contributed by atoms with Gasteiger partial charge in [0.05, 0.1) is 0 Å². The Morgan fingerprint density at radius 1 is 1.69 bits per heavy atom. The lowest BCUT2D eigenvalue weighted by Crippen LogP contribution is -1.76. The van der Waals surface area contributed by atoms with E-state index >= 15 is 0 Å². The van der Waals surface area contributed by atoms with Gasteiger partial charge in [0.1, 0.15) is 15.3 Å². The molecule has 0 radical (unpaired) electrons. The summed E-state index contributed by atoms with van der Waals surface area (Å²) in [6.07, 6.45) is 2.34. The molecule has 1 aromatic heterocycles. The number of rotatable bonds is 4. The lowest BCUT2D eigenvalue weighted by molar-refractivity contribution is 0.896. The molecule has 0 aromatic carbocycles. The lowest BCUT2D eigenvalue weighted by Gasteiger charge is -1.95. The number of halogens is 1. The fourth-order valence-electron chi connectivity index (χ4n) is 0.732. The van der Waals surface area contributed by atoms with Crippen LogP contribution in [-0.2, 0) is 0 Å². The summed E-state index contributed by atoms with van der Waals surface area (Å²) in [5, 5.41) is 9.13. The van der Waals surface area contributed by atoms with Crippen molar-refractivity contribution >= 4 is 34.9 Å². The quantitative estimate of drug-likeness (QED) is 0.588. The Balaban J connectivity index is 2.58. The molecule has 0 spiro atoms. The van der Waals surface area contributed by atoms with Gasteiger partial charge in [-0.3, -0.25) is 0 Å². The van der Waals surface area contributed by atoms with E-state index in [9.17, 15) is 0 Å². The molecule has 0 aliphatic rings. The van der Waals surface area contributed by atoms with Gasteiger partial charge in [0, 0.05) is 0 Å². The maximum atomic E-state index is 8.60. The Morgan fingerprint density at radius 3 is 3.00 bits per heavy atom.